The highest BCUT2D eigenvalue weighted by atomic mass is 32.2. The van der Waals surface area contributed by atoms with Gasteiger partial charge in [0.05, 0.1) is 10.8 Å². The van der Waals surface area contributed by atoms with Crippen LogP contribution in [0.25, 0.3) is 0 Å². The monoisotopic (exact) mass is 259 g/mol. The summed E-state index contributed by atoms with van der Waals surface area (Å²) in [7, 11) is -3.46. The standard InChI is InChI=1S/C10H10FNO4S/c11-9-4-1-6(5-8(9)10(13)14)12-17(15,16)7-2-3-7/h1,4-5,7,12H,2-3H2,(H,13,14). The van der Waals surface area contributed by atoms with Crippen molar-refractivity contribution in [1.29, 1.82) is 0 Å². The minimum Gasteiger partial charge on any atom is -0.478 e. The summed E-state index contributed by atoms with van der Waals surface area (Å²) in [5.41, 5.74) is -0.489. The highest BCUT2D eigenvalue weighted by Crippen LogP contribution is 2.30. The maximum Gasteiger partial charge on any atom is 0.338 e. The molecule has 17 heavy (non-hydrogen) atoms. The van der Waals surface area contributed by atoms with E-state index in [1.165, 1.54) is 6.07 Å². The molecule has 0 spiro atoms. The van der Waals surface area contributed by atoms with E-state index in [2.05, 4.69) is 4.72 Å². The summed E-state index contributed by atoms with van der Waals surface area (Å²) in [5, 5.41) is 8.28. The number of hydrogen-bond acceptors (Lipinski definition) is 3. The highest BCUT2D eigenvalue weighted by molar-refractivity contribution is 7.93. The van der Waals surface area contributed by atoms with Gasteiger partial charge >= 0.3 is 5.97 Å². The largest absolute Gasteiger partial charge is 0.478 e. The van der Waals surface area contributed by atoms with Crippen LogP contribution in [-0.4, -0.2) is 24.7 Å². The number of benzene rings is 1. The average molecular weight is 259 g/mol. The molecular formula is C10H10FNO4S. The van der Waals surface area contributed by atoms with E-state index < -0.39 is 32.6 Å². The van der Waals surface area contributed by atoms with Crippen LogP contribution in [0.2, 0.25) is 0 Å². The molecule has 1 aromatic carbocycles. The Morgan fingerprint density at radius 2 is 2.06 bits per heavy atom. The van der Waals surface area contributed by atoms with E-state index in [1.807, 2.05) is 0 Å². The minimum absolute atomic E-state index is 0.0655. The molecular weight excluding hydrogens is 249 g/mol. The number of hydrogen-bond donors (Lipinski definition) is 2. The van der Waals surface area contributed by atoms with Gasteiger partial charge in [-0.1, -0.05) is 0 Å². The summed E-state index contributed by atoms with van der Waals surface area (Å²) < 4.78 is 38.5. The predicted molar refractivity (Wildman–Crippen MR) is 58.9 cm³/mol. The molecule has 1 aliphatic carbocycles. The SMILES string of the molecule is O=C(O)c1cc(NS(=O)(=O)C2CC2)ccc1F. The van der Waals surface area contributed by atoms with Gasteiger partial charge in [0, 0.05) is 5.69 Å². The Morgan fingerprint density at radius 3 is 2.59 bits per heavy atom. The van der Waals surface area contributed by atoms with E-state index in [9.17, 15) is 17.6 Å². The summed E-state index contributed by atoms with van der Waals surface area (Å²) in [5.74, 6) is -2.33. The third-order valence-corrected chi connectivity index (χ3v) is 4.29. The number of rotatable bonds is 4. The molecule has 0 unspecified atom stereocenters. The van der Waals surface area contributed by atoms with Crippen LogP contribution < -0.4 is 4.72 Å². The predicted octanol–water partition coefficient (Wildman–Crippen LogP) is 1.43. The second kappa shape index (κ2) is 3.99. The van der Waals surface area contributed by atoms with Crippen molar-refractivity contribution in [3.63, 3.8) is 0 Å². The molecule has 0 atom stereocenters. The Bertz CT molecular complexity index is 566. The van der Waals surface area contributed by atoms with Gasteiger partial charge in [-0.2, -0.15) is 0 Å². The molecule has 1 saturated carbocycles. The number of carboxylic acids is 1. The van der Waals surface area contributed by atoms with E-state index >= 15 is 0 Å². The summed E-state index contributed by atoms with van der Waals surface area (Å²) >= 11 is 0. The summed E-state index contributed by atoms with van der Waals surface area (Å²) in [6.07, 6.45) is 1.20. The molecule has 7 heteroatoms. The fourth-order valence-electron chi connectivity index (χ4n) is 1.38. The molecule has 0 radical (unpaired) electrons. The number of sulfonamides is 1. The number of carboxylic acid groups (broad SMARTS) is 1. The highest BCUT2D eigenvalue weighted by Gasteiger charge is 2.35. The zero-order valence-electron chi connectivity index (χ0n) is 8.68. The van der Waals surface area contributed by atoms with Gasteiger partial charge in [-0.05, 0) is 31.0 Å². The molecule has 92 valence electrons. The maximum atomic E-state index is 13.1. The van der Waals surface area contributed by atoms with Crippen LogP contribution in [0.15, 0.2) is 18.2 Å². The van der Waals surface area contributed by atoms with Crippen LogP contribution in [0.4, 0.5) is 10.1 Å². The van der Waals surface area contributed by atoms with E-state index in [0.717, 1.165) is 12.1 Å². The normalized spacial score (nSPS) is 15.6. The lowest BCUT2D eigenvalue weighted by Gasteiger charge is -2.07. The molecule has 2 N–H and O–H groups in total. The number of anilines is 1. The number of halogens is 1. The molecule has 0 bridgehead atoms. The second-order valence-corrected chi connectivity index (χ2v) is 5.81. The van der Waals surface area contributed by atoms with Gasteiger partial charge in [-0.25, -0.2) is 17.6 Å². The van der Waals surface area contributed by atoms with Crippen molar-refractivity contribution in [2.45, 2.75) is 18.1 Å². The summed E-state index contributed by atoms with van der Waals surface area (Å²) in [4.78, 5) is 10.7. The lowest BCUT2D eigenvalue weighted by atomic mass is 10.2. The van der Waals surface area contributed by atoms with Crippen LogP contribution >= 0.6 is 0 Å². The van der Waals surface area contributed by atoms with Crippen LogP contribution in [0.5, 0.6) is 0 Å². The van der Waals surface area contributed by atoms with Gasteiger partial charge in [-0.15, -0.1) is 0 Å². The molecule has 0 amide bonds. The van der Waals surface area contributed by atoms with Crippen molar-refractivity contribution in [3.8, 4) is 0 Å². The summed E-state index contributed by atoms with van der Waals surface area (Å²) in [6, 6.07) is 3.09. The lowest BCUT2D eigenvalue weighted by Crippen LogP contribution is -2.17. The van der Waals surface area contributed by atoms with E-state index in [-0.39, 0.29) is 5.69 Å². The van der Waals surface area contributed by atoms with Gasteiger partial charge in [-0.3, -0.25) is 4.72 Å². The van der Waals surface area contributed by atoms with Crippen LogP contribution in [0.1, 0.15) is 23.2 Å². The summed E-state index contributed by atoms with van der Waals surface area (Å²) in [6.45, 7) is 0. The molecule has 0 heterocycles. The number of nitrogens with one attached hydrogen (secondary N) is 1. The fraction of sp³-hybridized carbons (Fsp3) is 0.300. The molecule has 5 nitrogen and oxygen atoms in total. The first-order valence-corrected chi connectivity index (χ1v) is 6.49. The van der Waals surface area contributed by atoms with Gasteiger partial charge in [0.15, 0.2) is 0 Å². The Hall–Kier alpha value is -1.63. The Morgan fingerprint density at radius 1 is 1.41 bits per heavy atom. The molecule has 0 aromatic heterocycles. The zero-order chi connectivity index (χ0) is 12.6. The fourth-order valence-corrected chi connectivity index (χ4v) is 2.76. The molecule has 1 fully saturated rings. The third kappa shape index (κ3) is 2.55. The average Bonchev–Trinajstić information content (AvgIpc) is 3.03. The van der Waals surface area contributed by atoms with Gasteiger partial charge < -0.3 is 5.11 Å². The van der Waals surface area contributed by atoms with Crippen molar-refractivity contribution in [2.75, 3.05) is 4.72 Å². The quantitative estimate of drug-likeness (QED) is 0.856. The molecule has 0 aliphatic heterocycles. The van der Waals surface area contributed by atoms with E-state index in [4.69, 9.17) is 5.11 Å². The minimum atomic E-state index is -3.46. The smallest absolute Gasteiger partial charge is 0.338 e. The van der Waals surface area contributed by atoms with Crippen LogP contribution in [0, 0.1) is 5.82 Å². The lowest BCUT2D eigenvalue weighted by molar-refractivity contribution is 0.0692. The first kappa shape index (κ1) is 11.8. The van der Waals surface area contributed by atoms with E-state index in [1.54, 1.807) is 0 Å². The Labute approximate surface area is 97.3 Å². The molecule has 0 saturated heterocycles. The van der Waals surface area contributed by atoms with Crippen molar-refractivity contribution >= 4 is 21.7 Å². The van der Waals surface area contributed by atoms with Crippen molar-refractivity contribution < 1.29 is 22.7 Å². The number of aromatic carboxylic acids is 1. The Kier molecular flexibility index (Phi) is 2.78. The van der Waals surface area contributed by atoms with Gasteiger partial charge in [0.25, 0.3) is 0 Å². The van der Waals surface area contributed by atoms with Gasteiger partial charge in [0.2, 0.25) is 10.0 Å². The zero-order valence-corrected chi connectivity index (χ0v) is 9.50. The number of carbonyl (C=O) groups is 1. The molecule has 2 rings (SSSR count). The molecule has 1 aliphatic rings. The van der Waals surface area contributed by atoms with Crippen molar-refractivity contribution in [3.05, 3.63) is 29.6 Å². The third-order valence-electron chi connectivity index (χ3n) is 2.42. The maximum absolute atomic E-state index is 13.1. The first-order valence-electron chi connectivity index (χ1n) is 4.94. The first-order chi connectivity index (χ1) is 7.90. The van der Waals surface area contributed by atoms with Crippen LogP contribution in [-0.2, 0) is 10.0 Å². The van der Waals surface area contributed by atoms with Crippen molar-refractivity contribution in [1.82, 2.24) is 0 Å². The molecule has 1 aromatic rings. The second-order valence-electron chi connectivity index (χ2n) is 3.85. The van der Waals surface area contributed by atoms with Gasteiger partial charge in [0.1, 0.15) is 5.82 Å². The van der Waals surface area contributed by atoms with Crippen LogP contribution in [0.3, 0.4) is 0 Å². The topological polar surface area (TPSA) is 83.5 Å². The Balaban J connectivity index is 2.28. The van der Waals surface area contributed by atoms with Crippen molar-refractivity contribution in [2.24, 2.45) is 0 Å². The van der Waals surface area contributed by atoms with E-state index in [0.29, 0.717) is 12.8 Å².